The van der Waals surface area contributed by atoms with Gasteiger partial charge in [0.05, 0.1) is 5.97 Å². The van der Waals surface area contributed by atoms with E-state index in [9.17, 15) is 9.90 Å². The Hall–Kier alpha value is -0.618. The van der Waals surface area contributed by atoms with Crippen molar-refractivity contribution in [2.75, 3.05) is 0 Å². The second-order valence-corrected chi connectivity index (χ2v) is 3.39. The molecule has 0 spiro atoms. The maximum Gasteiger partial charge on any atom is 1.00 e. The Morgan fingerprint density at radius 3 is 2.60 bits per heavy atom. The molecule has 0 radical (unpaired) electrons. The number of benzene rings is 2. The van der Waals surface area contributed by atoms with Gasteiger partial charge in [0.15, 0.2) is 0 Å². The van der Waals surface area contributed by atoms with Crippen LogP contribution in [-0.4, -0.2) is 33.3 Å². The largest absolute Gasteiger partial charge is 1.00 e. The van der Waals surface area contributed by atoms with E-state index >= 15 is 0 Å². The van der Waals surface area contributed by atoms with Crippen molar-refractivity contribution in [3.63, 3.8) is 0 Å². The molecule has 0 saturated carbocycles. The number of aromatic carboxylic acids is 1. The minimum absolute atomic E-state index is 0. The van der Waals surface area contributed by atoms with Crippen LogP contribution in [0.1, 0.15) is 10.4 Å². The Bertz CT molecular complexity index is 511. The number of fused-ring (bicyclic) bond motifs is 1. The van der Waals surface area contributed by atoms with Crippen molar-refractivity contribution in [3.8, 4) is 0 Å². The third-order valence-corrected chi connectivity index (χ3v) is 2.30. The molecule has 72 valence electrons. The van der Waals surface area contributed by atoms with E-state index < -0.39 is 5.97 Å². The van der Waals surface area contributed by atoms with Gasteiger partial charge in [0.2, 0.25) is 0 Å². The molecule has 0 saturated heterocycles. The van der Waals surface area contributed by atoms with E-state index in [1.54, 1.807) is 24.3 Å². The van der Waals surface area contributed by atoms with Crippen LogP contribution in [0.25, 0.3) is 10.8 Å². The minimum Gasteiger partial charge on any atom is -0.545 e. The zero-order valence-corrected chi connectivity index (χ0v) is 13.0. The summed E-state index contributed by atoms with van der Waals surface area (Å²) in [5, 5.41) is 12.7. The van der Waals surface area contributed by atoms with Crippen molar-refractivity contribution in [1.82, 2.24) is 0 Å². The van der Waals surface area contributed by atoms with Crippen molar-refractivity contribution < 1.29 is 9.90 Å². The van der Waals surface area contributed by atoms with Crippen molar-refractivity contribution in [3.05, 3.63) is 47.0 Å². The molecule has 0 unspecified atom stereocenters. The van der Waals surface area contributed by atoms with Crippen molar-refractivity contribution in [1.29, 1.82) is 0 Å². The molecule has 0 atom stereocenters. The molecule has 0 fully saturated rings. The van der Waals surface area contributed by atoms with Crippen LogP contribution in [0, 0.1) is 0 Å². The predicted molar refractivity (Wildman–Crippen MR) is 59.0 cm³/mol. The van der Waals surface area contributed by atoms with Crippen LogP contribution < -0.4 is 5.11 Å². The molecule has 2 rings (SSSR count). The van der Waals surface area contributed by atoms with E-state index in [1.807, 2.05) is 6.07 Å². The van der Waals surface area contributed by atoms with E-state index in [1.165, 1.54) is 6.07 Å². The van der Waals surface area contributed by atoms with Gasteiger partial charge >= 0.3 is 27.3 Å². The normalized spacial score (nSPS) is 9.67. The summed E-state index contributed by atoms with van der Waals surface area (Å²) < 4.78 is 0. The maximum absolute atomic E-state index is 10.8. The zero-order valence-electron chi connectivity index (χ0n) is 7.74. The summed E-state index contributed by atoms with van der Waals surface area (Å²) in [6.07, 6.45) is 0. The second-order valence-electron chi connectivity index (χ2n) is 2.96. The van der Waals surface area contributed by atoms with Gasteiger partial charge in [0.1, 0.15) is 0 Å². The van der Waals surface area contributed by atoms with Crippen LogP contribution in [0.4, 0.5) is 0 Å². The van der Waals surface area contributed by atoms with Gasteiger partial charge in [0, 0.05) is 10.6 Å². The van der Waals surface area contributed by atoms with Crippen LogP contribution >= 0.6 is 11.6 Å². The predicted octanol–water partition coefficient (Wildman–Crippen LogP) is 1.48. The zero-order chi connectivity index (χ0) is 10.1. The Kier molecular flexibility index (Phi) is 4.10. The van der Waals surface area contributed by atoms with Crippen LogP contribution in [-0.2, 0) is 0 Å². The Balaban J connectivity index is 0.00000112. The molecule has 4 heteroatoms. The quantitative estimate of drug-likeness (QED) is 0.669. The molecule has 2 aromatic carbocycles. The molecule has 0 aromatic heterocycles. The van der Waals surface area contributed by atoms with Gasteiger partial charge in [-0.15, -0.1) is 0 Å². The molecule has 0 bridgehead atoms. The first kappa shape index (κ1) is 12.5. The van der Waals surface area contributed by atoms with E-state index in [0.29, 0.717) is 10.4 Å². The molecular weight excluding hydrogens is 404 g/mol. The van der Waals surface area contributed by atoms with E-state index in [2.05, 4.69) is 0 Å². The molecule has 2 nitrogen and oxygen atoms in total. The summed E-state index contributed by atoms with van der Waals surface area (Å²) in [7, 11) is 0. The molecule has 0 aliphatic carbocycles. The fourth-order valence-corrected chi connectivity index (χ4v) is 1.59. The van der Waals surface area contributed by atoms with E-state index in [0.717, 1.165) is 5.39 Å². The van der Waals surface area contributed by atoms with E-state index in [-0.39, 0.29) is 32.9 Å². The summed E-state index contributed by atoms with van der Waals surface area (Å²) in [5.41, 5.74) is 0.171. The van der Waals surface area contributed by atoms with E-state index in [4.69, 9.17) is 11.6 Å². The first-order valence-electron chi connectivity index (χ1n) is 4.08. The monoisotopic (exact) mass is 410 g/mol. The molecule has 0 amide bonds. The van der Waals surface area contributed by atoms with Gasteiger partial charge in [-0.3, -0.25) is 0 Å². The van der Waals surface area contributed by atoms with Crippen molar-refractivity contribution in [2.45, 2.75) is 0 Å². The number of hydrogen-bond donors (Lipinski definition) is 0. The van der Waals surface area contributed by atoms with Crippen LogP contribution in [0.2, 0.25) is 5.02 Å². The van der Waals surface area contributed by atoms with Gasteiger partial charge < -0.3 is 9.90 Å². The fourth-order valence-electron chi connectivity index (χ4n) is 1.42. The fraction of sp³-hybridized carbons (Fsp3) is 0. The third-order valence-electron chi connectivity index (χ3n) is 2.06. The summed E-state index contributed by atoms with van der Waals surface area (Å²) >= 11 is 5.78. The maximum atomic E-state index is 10.8. The average Bonchev–Trinajstić information content (AvgIpc) is 2.16. The number of hydrogen-bond acceptors (Lipinski definition) is 2. The number of carbonyl (C=O) groups excluding carboxylic acids is 1. The average molecular weight is 410 g/mol. The number of carboxylic acid groups (broad SMARTS) is 1. The van der Waals surface area contributed by atoms with Gasteiger partial charge in [-0.25, -0.2) is 0 Å². The Morgan fingerprint density at radius 2 is 1.93 bits per heavy atom. The third kappa shape index (κ3) is 2.49. The topological polar surface area (TPSA) is 40.1 Å². The number of halogens is 1. The standard InChI is InChI=1S/C11H7ClO2.Tl/c12-8-5-4-7-2-1-3-9(11(13)14)10(7)6-8;/h1-6H,(H,13,14);/q;+1/p-1. The summed E-state index contributed by atoms with van der Waals surface area (Å²) in [6.45, 7) is 0. The number of rotatable bonds is 1. The molecule has 0 heterocycles. The van der Waals surface area contributed by atoms with Gasteiger partial charge in [0.25, 0.3) is 0 Å². The first-order valence-corrected chi connectivity index (χ1v) is 4.46. The van der Waals surface area contributed by atoms with Crippen LogP contribution in [0.3, 0.4) is 0 Å². The molecule has 0 N–H and O–H groups in total. The first-order chi connectivity index (χ1) is 6.68. The van der Waals surface area contributed by atoms with Crippen LogP contribution in [0.15, 0.2) is 36.4 Å². The Morgan fingerprint density at radius 1 is 1.20 bits per heavy atom. The minimum atomic E-state index is -1.18. The molecule has 0 aliphatic rings. The van der Waals surface area contributed by atoms with Gasteiger partial charge in [-0.2, -0.15) is 0 Å². The second kappa shape index (κ2) is 4.94. The smallest absolute Gasteiger partial charge is 0.545 e. The van der Waals surface area contributed by atoms with Crippen molar-refractivity contribution >= 4 is 55.6 Å². The molecule has 0 aliphatic heterocycles. The summed E-state index contributed by atoms with van der Waals surface area (Å²) in [4.78, 5) is 10.8. The molecule has 2 aromatic rings. The summed E-state index contributed by atoms with van der Waals surface area (Å²) in [6, 6.07) is 10.2. The number of carbonyl (C=O) groups is 1. The molecule has 15 heavy (non-hydrogen) atoms. The van der Waals surface area contributed by atoms with Crippen LogP contribution in [0.5, 0.6) is 0 Å². The van der Waals surface area contributed by atoms with Crippen molar-refractivity contribution in [2.24, 2.45) is 0 Å². The summed E-state index contributed by atoms with van der Waals surface area (Å²) in [5.74, 6) is -1.18. The van der Waals surface area contributed by atoms with Gasteiger partial charge in [-0.1, -0.05) is 35.9 Å². The van der Waals surface area contributed by atoms with Gasteiger partial charge in [-0.05, 0) is 22.9 Å². The molecular formula is C11H6ClO2Tl. The Labute approximate surface area is 112 Å². The SMILES string of the molecule is O=C([O-])c1cccc2ccc(Cl)cc12.[Tl+]. The number of carboxylic acids is 1.